The average molecular weight is 409 g/mol. The number of rotatable bonds is 4. The van der Waals surface area contributed by atoms with E-state index >= 15 is 0 Å². The second-order valence-electron chi connectivity index (χ2n) is 10.0. The van der Waals surface area contributed by atoms with E-state index in [0.717, 1.165) is 23.2 Å². The molecule has 0 radical (unpaired) electrons. The van der Waals surface area contributed by atoms with Crippen molar-refractivity contribution in [3.8, 4) is 0 Å². The second-order valence-corrected chi connectivity index (χ2v) is 10.0. The summed E-state index contributed by atoms with van der Waals surface area (Å²) in [6, 6.07) is 15.7. The first-order chi connectivity index (χ1) is 13.9. The molecule has 5 nitrogen and oxygen atoms in total. The van der Waals surface area contributed by atoms with Gasteiger partial charge in [-0.25, -0.2) is 4.79 Å². The molecule has 2 N–H and O–H groups in total. The molecule has 2 aromatic rings. The van der Waals surface area contributed by atoms with Gasteiger partial charge in [-0.15, -0.1) is 0 Å². The SMILES string of the molecule is CC(C)(C)OC(=O)N[C@@H]1C[C@H]1c1ccc(NC(=O)c2cccc(C(C)(C)C)c2)cc1. The predicted molar refractivity (Wildman–Crippen MR) is 120 cm³/mol. The highest BCUT2D eigenvalue weighted by Gasteiger charge is 2.40. The van der Waals surface area contributed by atoms with E-state index in [-0.39, 0.29) is 29.4 Å². The predicted octanol–water partition coefficient (Wildman–Crippen LogP) is 5.62. The first kappa shape index (κ1) is 21.9. The summed E-state index contributed by atoms with van der Waals surface area (Å²) >= 11 is 0. The lowest BCUT2D eigenvalue weighted by atomic mass is 9.86. The van der Waals surface area contributed by atoms with E-state index in [0.29, 0.717) is 5.56 Å². The van der Waals surface area contributed by atoms with Crippen molar-refractivity contribution in [1.82, 2.24) is 5.32 Å². The average Bonchev–Trinajstić information content (AvgIpc) is 3.39. The monoisotopic (exact) mass is 408 g/mol. The van der Waals surface area contributed by atoms with Gasteiger partial charge in [0.15, 0.2) is 0 Å². The van der Waals surface area contributed by atoms with E-state index in [4.69, 9.17) is 4.74 Å². The van der Waals surface area contributed by atoms with E-state index in [1.807, 2.05) is 69.3 Å². The Labute approximate surface area is 179 Å². The van der Waals surface area contributed by atoms with Crippen LogP contribution in [0.3, 0.4) is 0 Å². The quantitative estimate of drug-likeness (QED) is 0.690. The van der Waals surface area contributed by atoms with Crippen molar-refractivity contribution in [1.29, 1.82) is 0 Å². The zero-order chi connectivity index (χ0) is 22.1. The zero-order valence-corrected chi connectivity index (χ0v) is 18.7. The van der Waals surface area contributed by atoms with Crippen molar-refractivity contribution in [3.05, 3.63) is 65.2 Å². The molecule has 1 aliphatic carbocycles. The molecular formula is C25H32N2O3. The first-order valence-corrected chi connectivity index (χ1v) is 10.4. The summed E-state index contributed by atoms with van der Waals surface area (Å²) in [5.41, 5.74) is 3.16. The number of carbonyl (C=O) groups excluding carboxylic acids is 2. The summed E-state index contributed by atoms with van der Waals surface area (Å²) in [5, 5.41) is 5.88. The van der Waals surface area contributed by atoms with Gasteiger partial charge in [0, 0.05) is 23.2 Å². The highest BCUT2D eigenvalue weighted by Crippen LogP contribution is 2.41. The van der Waals surface area contributed by atoms with Gasteiger partial charge < -0.3 is 15.4 Å². The van der Waals surface area contributed by atoms with Gasteiger partial charge >= 0.3 is 6.09 Å². The molecule has 0 heterocycles. The Morgan fingerprint density at radius 1 is 0.967 bits per heavy atom. The van der Waals surface area contributed by atoms with Crippen LogP contribution in [-0.2, 0) is 10.2 Å². The van der Waals surface area contributed by atoms with E-state index in [2.05, 4.69) is 31.4 Å². The van der Waals surface area contributed by atoms with E-state index in [9.17, 15) is 9.59 Å². The first-order valence-electron chi connectivity index (χ1n) is 10.4. The minimum atomic E-state index is -0.499. The van der Waals surface area contributed by atoms with Crippen LogP contribution in [0.15, 0.2) is 48.5 Å². The van der Waals surface area contributed by atoms with Crippen molar-refractivity contribution in [2.75, 3.05) is 5.32 Å². The molecule has 2 amide bonds. The topological polar surface area (TPSA) is 67.4 Å². The third-order valence-corrected chi connectivity index (χ3v) is 5.08. The Balaban J connectivity index is 1.57. The maximum absolute atomic E-state index is 12.6. The van der Waals surface area contributed by atoms with Crippen molar-refractivity contribution >= 4 is 17.7 Å². The van der Waals surface area contributed by atoms with Crippen LogP contribution < -0.4 is 10.6 Å². The summed E-state index contributed by atoms with van der Waals surface area (Å²) in [6.07, 6.45) is 0.515. The number of hydrogen-bond donors (Lipinski definition) is 2. The van der Waals surface area contributed by atoms with Gasteiger partial charge in [0.1, 0.15) is 5.60 Å². The Bertz CT molecular complexity index is 921. The normalized spacial score (nSPS) is 18.5. The van der Waals surface area contributed by atoms with Gasteiger partial charge in [0.2, 0.25) is 0 Å². The highest BCUT2D eigenvalue weighted by molar-refractivity contribution is 6.04. The summed E-state index contributed by atoms with van der Waals surface area (Å²) in [4.78, 5) is 24.5. The molecule has 5 heteroatoms. The molecule has 1 fully saturated rings. The number of nitrogens with one attached hydrogen (secondary N) is 2. The fourth-order valence-corrected chi connectivity index (χ4v) is 3.33. The largest absolute Gasteiger partial charge is 0.444 e. The number of benzene rings is 2. The summed E-state index contributed by atoms with van der Waals surface area (Å²) in [5.74, 6) is 0.162. The number of ether oxygens (including phenoxy) is 1. The molecule has 30 heavy (non-hydrogen) atoms. The van der Waals surface area contributed by atoms with Gasteiger partial charge in [-0.3, -0.25) is 4.79 Å². The fourth-order valence-electron chi connectivity index (χ4n) is 3.33. The summed E-state index contributed by atoms with van der Waals surface area (Å²) in [7, 11) is 0. The fraction of sp³-hybridized carbons (Fsp3) is 0.440. The number of carbonyl (C=O) groups is 2. The van der Waals surface area contributed by atoms with Gasteiger partial charge in [0.25, 0.3) is 5.91 Å². The van der Waals surface area contributed by atoms with Crippen LogP contribution in [0.25, 0.3) is 0 Å². The molecule has 0 aliphatic heterocycles. The van der Waals surface area contributed by atoms with Crippen LogP contribution >= 0.6 is 0 Å². The third kappa shape index (κ3) is 5.85. The lowest BCUT2D eigenvalue weighted by Gasteiger charge is -2.19. The molecule has 0 spiro atoms. The van der Waals surface area contributed by atoms with Crippen LogP contribution in [0.1, 0.15) is 75.4 Å². The van der Waals surface area contributed by atoms with Crippen LogP contribution in [0.2, 0.25) is 0 Å². The van der Waals surface area contributed by atoms with Gasteiger partial charge in [-0.1, -0.05) is 45.0 Å². The Kier molecular flexibility index (Phi) is 5.93. The maximum Gasteiger partial charge on any atom is 0.407 e. The standard InChI is InChI=1S/C25H32N2O3/c1-24(2,3)18-9-7-8-17(14-18)22(28)26-19-12-10-16(11-13-19)20-15-21(20)27-23(29)30-25(4,5)6/h7-14,20-21H,15H2,1-6H3,(H,26,28)(H,27,29)/t20-,21+/m0/s1. The van der Waals surface area contributed by atoms with Gasteiger partial charge in [0.05, 0.1) is 0 Å². The summed E-state index contributed by atoms with van der Waals surface area (Å²) in [6.45, 7) is 11.9. The molecule has 2 atom stereocenters. The number of amides is 2. The van der Waals surface area contributed by atoms with Crippen LogP contribution in [-0.4, -0.2) is 23.6 Å². The Hall–Kier alpha value is -2.82. The minimum absolute atomic E-state index is 0.00785. The minimum Gasteiger partial charge on any atom is -0.444 e. The molecule has 0 unspecified atom stereocenters. The Morgan fingerprint density at radius 3 is 2.23 bits per heavy atom. The molecule has 1 saturated carbocycles. The molecule has 1 aliphatic rings. The summed E-state index contributed by atoms with van der Waals surface area (Å²) < 4.78 is 5.31. The smallest absolute Gasteiger partial charge is 0.407 e. The van der Waals surface area contributed by atoms with E-state index in [1.54, 1.807) is 0 Å². The lowest BCUT2D eigenvalue weighted by molar-refractivity contribution is 0.0522. The molecular weight excluding hydrogens is 376 g/mol. The van der Waals surface area contributed by atoms with Crippen molar-refractivity contribution in [3.63, 3.8) is 0 Å². The maximum atomic E-state index is 12.6. The molecule has 3 rings (SSSR count). The zero-order valence-electron chi connectivity index (χ0n) is 18.7. The molecule has 0 bridgehead atoms. The van der Waals surface area contributed by atoms with Crippen LogP contribution in [0, 0.1) is 0 Å². The van der Waals surface area contributed by atoms with E-state index in [1.165, 1.54) is 0 Å². The number of anilines is 1. The lowest BCUT2D eigenvalue weighted by Crippen LogP contribution is -2.34. The van der Waals surface area contributed by atoms with E-state index < -0.39 is 5.60 Å². The Morgan fingerprint density at radius 2 is 1.63 bits per heavy atom. The number of hydrogen-bond acceptors (Lipinski definition) is 3. The number of alkyl carbamates (subject to hydrolysis) is 1. The van der Waals surface area contributed by atoms with Crippen LogP contribution in [0.4, 0.5) is 10.5 Å². The molecule has 0 aromatic heterocycles. The third-order valence-electron chi connectivity index (χ3n) is 5.08. The highest BCUT2D eigenvalue weighted by atomic mass is 16.6. The van der Waals surface area contributed by atoms with Gasteiger partial charge in [-0.2, -0.15) is 0 Å². The molecule has 0 saturated heterocycles. The van der Waals surface area contributed by atoms with Crippen molar-refractivity contribution in [2.45, 2.75) is 70.9 Å². The molecule has 160 valence electrons. The molecule has 2 aromatic carbocycles. The van der Waals surface area contributed by atoms with Gasteiger partial charge in [-0.05, 0) is 68.0 Å². The van der Waals surface area contributed by atoms with Crippen LogP contribution in [0.5, 0.6) is 0 Å². The van der Waals surface area contributed by atoms with Crippen molar-refractivity contribution < 1.29 is 14.3 Å². The van der Waals surface area contributed by atoms with Crippen molar-refractivity contribution in [2.24, 2.45) is 0 Å². The second kappa shape index (κ2) is 8.13.